The van der Waals surface area contributed by atoms with E-state index in [9.17, 15) is 9.18 Å². The van der Waals surface area contributed by atoms with Crippen LogP contribution in [0.25, 0.3) is 0 Å². The number of ketones is 1. The molecule has 0 fully saturated rings. The van der Waals surface area contributed by atoms with Crippen LogP contribution in [0.4, 0.5) is 4.39 Å². The largest absolute Gasteiger partial charge is 0.293 e. The zero-order valence-corrected chi connectivity index (χ0v) is 8.36. The van der Waals surface area contributed by atoms with E-state index in [0.29, 0.717) is 0 Å². The topological polar surface area (TPSA) is 17.1 Å². The fourth-order valence-corrected chi connectivity index (χ4v) is 1.29. The van der Waals surface area contributed by atoms with Gasteiger partial charge in [-0.25, -0.2) is 4.39 Å². The third kappa shape index (κ3) is 2.34. The van der Waals surface area contributed by atoms with Crippen LogP contribution in [0.5, 0.6) is 0 Å². The number of Topliss-reactive ketones (excluding diaryl/α,β-unsaturated/α-hetero) is 1. The van der Waals surface area contributed by atoms with Gasteiger partial charge in [0.25, 0.3) is 0 Å². The van der Waals surface area contributed by atoms with E-state index in [4.69, 9.17) is 11.6 Å². The molecule has 0 spiro atoms. The van der Waals surface area contributed by atoms with Crippen LogP contribution in [-0.2, 0) is 0 Å². The van der Waals surface area contributed by atoms with Crippen molar-refractivity contribution in [2.75, 3.05) is 0 Å². The van der Waals surface area contributed by atoms with Gasteiger partial charge in [-0.15, -0.1) is 5.92 Å². The summed E-state index contributed by atoms with van der Waals surface area (Å²) in [6.07, 6.45) is -0.00282. The Morgan fingerprint density at radius 1 is 1.57 bits per heavy atom. The number of rotatable bonds is 2. The van der Waals surface area contributed by atoms with E-state index in [1.807, 2.05) is 0 Å². The van der Waals surface area contributed by atoms with Crippen molar-refractivity contribution in [2.24, 2.45) is 0 Å². The van der Waals surface area contributed by atoms with Gasteiger partial charge in [-0.3, -0.25) is 4.79 Å². The number of carbonyl (C=O) groups is 1. The number of hydrogen-bond donors (Lipinski definition) is 0. The summed E-state index contributed by atoms with van der Waals surface area (Å²) >= 11 is 5.69. The molecule has 0 unspecified atom stereocenters. The summed E-state index contributed by atoms with van der Waals surface area (Å²) in [7, 11) is 0. The Labute approximate surface area is 86.9 Å². The molecule has 14 heavy (non-hydrogen) atoms. The summed E-state index contributed by atoms with van der Waals surface area (Å²) in [4.78, 5) is 11.4. The van der Waals surface area contributed by atoms with Crippen molar-refractivity contribution in [3.8, 4) is 11.8 Å². The molecule has 0 heterocycles. The summed E-state index contributed by atoms with van der Waals surface area (Å²) in [6.45, 7) is 1.62. The molecule has 0 aliphatic rings. The Morgan fingerprint density at radius 3 is 2.86 bits per heavy atom. The molecule has 0 amide bonds. The summed E-state index contributed by atoms with van der Waals surface area (Å²) in [5.41, 5.74) is -0.0723. The third-order valence-corrected chi connectivity index (χ3v) is 1.98. The van der Waals surface area contributed by atoms with Crippen LogP contribution in [0.1, 0.15) is 23.7 Å². The molecular formula is C11H8ClFO. The third-order valence-electron chi connectivity index (χ3n) is 1.67. The molecule has 1 aromatic carbocycles. The van der Waals surface area contributed by atoms with E-state index in [1.54, 1.807) is 6.92 Å². The first kappa shape index (κ1) is 10.7. The maximum atomic E-state index is 13.2. The number of carbonyl (C=O) groups excluding carboxylic acids is 1. The second-order valence-electron chi connectivity index (χ2n) is 2.62. The lowest BCUT2D eigenvalue weighted by Crippen LogP contribution is -2.02. The van der Waals surface area contributed by atoms with Crippen LogP contribution in [0.2, 0.25) is 5.02 Å². The van der Waals surface area contributed by atoms with Gasteiger partial charge in [-0.1, -0.05) is 23.6 Å². The smallest absolute Gasteiger partial charge is 0.179 e. The van der Waals surface area contributed by atoms with Crippen molar-refractivity contribution < 1.29 is 9.18 Å². The minimum Gasteiger partial charge on any atom is -0.293 e. The minimum absolute atomic E-state index is 0.00282. The van der Waals surface area contributed by atoms with Gasteiger partial charge in [0.2, 0.25) is 0 Å². The lowest BCUT2D eigenvalue weighted by Gasteiger charge is -2.01. The molecule has 1 nitrogen and oxygen atoms in total. The van der Waals surface area contributed by atoms with Gasteiger partial charge in [-0.05, 0) is 19.1 Å². The molecule has 0 saturated heterocycles. The highest BCUT2D eigenvalue weighted by molar-refractivity contribution is 6.34. The summed E-state index contributed by atoms with van der Waals surface area (Å²) in [5, 5.41) is 0.132. The molecule has 0 N–H and O–H groups in total. The average molecular weight is 211 g/mol. The van der Waals surface area contributed by atoms with Gasteiger partial charge in [0.05, 0.1) is 17.0 Å². The fourth-order valence-electron chi connectivity index (χ4n) is 1.02. The highest BCUT2D eigenvalue weighted by Gasteiger charge is 2.13. The van der Waals surface area contributed by atoms with Gasteiger partial charge in [0.1, 0.15) is 5.82 Å². The molecule has 1 rings (SSSR count). The Morgan fingerprint density at radius 2 is 2.29 bits per heavy atom. The van der Waals surface area contributed by atoms with E-state index in [1.165, 1.54) is 18.2 Å². The van der Waals surface area contributed by atoms with Gasteiger partial charge < -0.3 is 0 Å². The number of hydrogen-bond acceptors (Lipinski definition) is 1. The minimum atomic E-state index is -0.597. The molecule has 0 saturated carbocycles. The highest BCUT2D eigenvalue weighted by atomic mass is 35.5. The van der Waals surface area contributed by atoms with Crippen molar-refractivity contribution in [2.45, 2.75) is 13.3 Å². The lowest BCUT2D eigenvalue weighted by atomic mass is 10.1. The second kappa shape index (κ2) is 4.78. The quantitative estimate of drug-likeness (QED) is 0.542. The predicted octanol–water partition coefficient (Wildman–Crippen LogP) is 3.08. The van der Waals surface area contributed by atoms with Gasteiger partial charge in [0, 0.05) is 0 Å². The van der Waals surface area contributed by atoms with Gasteiger partial charge >= 0.3 is 0 Å². The molecule has 1 aromatic rings. The van der Waals surface area contributed by atoms with E-state index < -0.39 is 5.82 Å². The fraction of sp³-hybridized carbons (Fsp3) is 0.182. The molecule has 0 radical (unpaired) electrons. The van der Waals surface area contributed by atoms with Crippen molar-refractivity contribution in [1.82, 2.24) is 0 Å². The maximum absolute atomic E-state index is 13.2. The van der Waals surface area contributed by atoms with Crippen LogP contribution in [0, 0.1) is 17.7 Å². The Bertz CT molecular complexity index is 395. The van der Waals surface area contributed by atoms with Crippen molar-refractivity contribution in [1.29, 1.82) is 0 Å². The SMILES string of the molecule is CC#CCC(=O)c1c(F)cccc1Cl. The van der Waals surface area contributed by atoms with Gasteiger partial charge in [0.15, 0.2) is 5.78 Å². The van der Waals surface area contributed by atoms with E-state index >= 15 is 0 Å². The molecule has 3 heteroatoms. The maximum Gasteiger partial charge on any atom is 0.179 e. The number of halogens is 2. The predicted molar refractivity (Wildman–Crippen MR) is 53.8 cm³/mol. The zero-order chi connectivity index (χ0) is 10.6. The van der Waals surface area contributed by atoms with E-state index in [-0.39, 0.29) is 22.8 Å². The summed E-state index contributed by atoms with van der Waals surface area (Å²) < 4.78 is 13.2. The Hall–Kier alpha value is -1.33. The van der Waals surface area contributed by atoms with E-state index in [0.717, 1.165) is 0 Å². The average Bonchev–Trinajstić information content (AvgIpc) is 2.14. The van der Waals surface area contributed by atoms with Crippen LogP contribution in [-0.4, -0.2) is 5.78 Å². The molecule has 0 atom stereocenters. The summed E-state index contributed by atoms with van der Waals surface area (Å²) in [5.74, 6) is 4.16. The molecule has 0 aromatic heterocycles. The standard InChI is InChI=1S/C11H8ClFO/c1-2-3-7-10(14)11-8(12)5-4-6-9(11)13/h4-6H,7H2,1H3. The number of benzene rings is 1. The van der Waals surface area contributed by atoms with Crippen molar-refractivity contribution in [3.05, 3.63) is 34.6 Å². The van der Waals surface area contributed by atoms with Crippen LogP contribution >= 0.6 is 11.6 Å². The van der Waals surface area contributed by atoms with Crippen molar-refractivity contribution in [3.63, 3.8) is 0 Å². The monoisotopic (exact) mass is 210 g/mol. The normalized spacial score (nSPS) is 9.07. The molecule has 0 aliphatic carbocycles. The van der Waals surface area contributed by atoms with Crippen LogP contribution in [0.3, 0.4) is 0 Å². The second-order valence-corrected chi connectivity index (χ2v) is 3.03. The molecule has 0 aliphatic heterocycles. The first-order valence-electron chi connectivity index (χ1n) is 4.03. The molecular weight excluding hydrogens is 203 g/mol. The van der Waals surface area contributed by atoms with Gasteiger partial charge in [-0.2, -0.15) is 0 Å². The van der Waals surface area contributed by atoms with Crippen LogP contribution in [0.15, 0.2) is 18.2 Å². The zero-order valence-electron chi connectivity index (χ0n) is 7.60. The van der Waals surface area contributed by atoms with E-state index in [2.05, 4.69) is 11.8 Å². The molecule has 72 valence electrons. The highest BCUT2D eigenvalue weighted by Crippen LogP contribution is 2.20. The molecule has 0 bridgehead atoms. The van der Waals surface area contributed by atoms with Crippen LogP contribution < -0.4 is 0 Å². The van der Waals surface area contributed by atoms with Crippen molar-refractivity contribution >= 4 is 17.4 Å². The summed E-state index contributed by atoms with van der Waals surface area (Å²) in [6, 6.07) is 4.15. The Kier molecular flexibility index (Phi) is 3.67. The Balaban J connectivity index is 3.04. The first-order valence-corrected chi connectivity index (χ1v) is 4.41. The lowest BCUT2D eigenvalue weighted by molar-refractivity contribution is 0.0994. The first-order chi connectivity index (χ1) is 6.66.